The molecular formula is C17H15ClN2O3. The van der Waals surface area contributed by atoms with Crippen LogP contribution < -0.4 is 11.1 Å². The Morgan fingerprint density at radius 1 is 1.26 bits per heavy atom. The smallest absolute Gasteiger partial charge is 0.408 e. The number of hydrogen-bond acceptors (Lipinski definition) is 3. The molecule has 0 spiro atoms. The Morgan fingerprint density at radius 3 is 2.83 bits per heavy atom. The number of aromatic nitrogens is 1. The highest BCUT2D eigenvalue weighted by Crippen LogP contribution is 2.19. The van der Waals surface area contributed by atoms with Crippen LogP contribution in [-0.2, 0) is 18.3 Å². The first-order chi connectivity index (χ1) is 11.0. The minimum atomic E-state index is -0.429. The summed E-state index contributed by atoms with van der Waals surface area (Å²) in [6, 6.07) is 12.6. The fourth-order valence-corrected chi connectivity index (χ4v) is 2.61. The lowest BCUT2D eigenvalue weighted by Crippen LogP contribution is -2.12. The molecule has 0 unspecified atom stereocenters. The average Bonchev–Trinajstić information content (AvgIpc) is 2.81. The van der Waals surface area contributed by atoms with Gasteiger partial charge in [0, 0.05) is 24.2 Å². The molecule has 1 amide bonds. The number of anilines is 1. The first kappa shape index (κ1) is 15.4. The molecule has 1 heterocycles. The number of fused-ring (bicyclic) bond motifs is 1. The molecule has 23 heavy (non-hydrogen) atoms. The monoisotopic (exact) mass is 330 g/mol. The number of rotatable bonds is 4. The Morgan fingerprint density at radius 2 is 2.04 bits per heavy atom. The van der Waals surface area contributed by atoms with Crippen molar-refractivity contribution < 1.29 is 9.21 Å². The molecule has 3 rings (SSSR count). The first-order valence-electron chi connectivity index (χ1n) is 7.17. The molecule has 3 aromatic rings. The topological polar surface area (TPSA) is 64.2 Å². The van der Waals surface area contributed by atoms with Gasteiger partial charge in [-0.1, -0.05) is 29.8 Å². The molecule has 0 aliphatic heterocycles. The zero-order chi connectivity index (χ0) is 16.4. The molecular weight excluding hydrogens is 316 g/mol. The predicted octanol–water partition coefficient (Wildman–Crippen LogP) is 3.36. The lowest BCUT2D eigenvalue weighted by atomic mass is 10.1. The maximum Gasteiger partial charge on any atom is 0.419 e. The van der Waals surface area contributed by atoms with Gasteiger partial charge in [-0.2, -0.15) is 0 Å². The van der Waals surface area contributed by atoms with E-state index >= 15 is 0 Å². The Labute approximate surface area is 137 Å². The van der Waals surface area contributed by atoms with Crippen LogP contribution in [0.5, 0.6) is 0 Å². The van der Waals surface area contributed by atoms with E-state index in [1.54, 1.807) is 25.2 Å². The highest BCUT2D eigenvalue weighted by molar-refractivity contribution is 6.31. The standard InChI is InChI=1S/C17H15ClN2O3/c1-20-14-10-12(7-8-15(14)23-17(20)22)19-16(21)9-6-11-4-2-3-5-13(11)18/h2-5,7-8,10H,6,9H2,1H3,(H,19,21). The average molecular weight is 331 g/mol. The van der Waals surface area contributed by atoms with Gasteiger partial charge in [0.1, 0.15) is 0 Å². The number of halogens is 1. The summed E-state index contributed by atoms with van der Waals surface area (Å²) in [5.41, 5.74) is 2.69. The van der Waals surface area contributed by atoms with Crippen molar-refractivity contribution in [2.24, 2.45) is 7.05 Å². The SMILES string of the molecule is Cn1c(=O)oc2ccc(NC(=O)CCc3ccccc3Cl)cc21. The second-order valence-corrected chi connectivity index (χ2v) is 5.66. The van der Waals surface area contributed by atoms with Crippen molar-refractivity contribution in [3.8, 4) is 0 Å². The van der Waals surface area contributed by atoms with Crippen molar-refractivity contribution in [2.45, 2.75) is 12.8 Å². The Kier molecular flexibility index (Phi) is 4.21. The molecule has 0 saturated heterocycles. The lowest BCUT2D eigenvalue weighted by Gasteiger charge is -2.06. The van der Waals surface area contributed by atoms with Gasteiger partial charge in [-0.3, -0.25) is 9.36 Å². The fourth-order valence-electron chi connectivity index (χ4n) is 2.38. The van der Waals surface area contributed by atoms with Crippen molar-refractivity contribution in [3.05, 3.63) is 63.6 Å². The van der Waals surface area contributed by atoms with Crippen molar-refractivity contribution >= 4 is 34.3 Å². The molecule has 0 radical (unpaired) electrons. The van der Waals surface area contributed by atoms with Gasteiger partial charge in [-0.15, -0.1) is 0 Å². The summed E-state index contributed by atoms with van der Waals surface area (Å²) < 4.78 is 6.45. The summed E-state index contributed by atoms with van der Waals surface area (Å²) in [4.78, 5) is 23.5. The van der Waals surface area contributed by atoms with Gasteiger partial charge in [-0.05, 0) is 36.2 Å². The van der Waals surface area contributed by atoms with E-state index in [9.17, 15) is 9.59 Å². The van der Waals surface area contributed by atoms with E-state index in [1.807, 2.05) is 24.3 Å². The molecule has 2 aromatic carbocycles. The van der Waals surface area contributed by atoms with E-state index in [1.165, 1.54) is 4.57 Å². The van der Waals surface area contributed by atoms with E-state index in [-0.39, 0.29) is 5.91 Å². The molecule has 0 bridgehead atoms. The third-order valence-corrected chi connectivity index (χ3v) is 4.02. The summed E-state index contributed by atoms with van der Waals surface area (Å²) in [7, 11) is 1.62. The molecule has 0 aliphatic rings. The van der Waals surface area contributed by atoms with Crippen molar-refractivity contribution in [2.75, 3.05) is 5.32 Å². The predicted molar refractivity (Wildman–Crippen MR) is 89.9 cm³/mol. The summed E-state index contributed by atoms with van der Waals surface area (Å²) >= 11 is 6.08. The fraction of sp³-hybridized carbons (Fsp3) is 0.176. The largest absolute Gasteiger partial charge is 0.419 e. The molecule has 0 saturated carbocycles. The summed E-state index contributed by atoms with van der Waals surface area (Å²) in [6.45, 7) is 0. The second-order valence-electron chi connectivity index (χ2n) is 5.25. The number of oxazole rings is 1. The molecule has 6 heteroatoms. The van der Waals surface area contributed by atoms with E-state index in [0.717, 1.165) is 5.56 Å². The number of nitrogens with one attached hydrogen (secondary N) is 1. The van der Waals surface area contributed by atoms with Crippen LogP contribution in [0, 0.1) is 0 Å². The van der Waals surface area contributed by atoms with Crippen LogP contribution in [0.3, 0.4) is 0 Å². The third-order valence-electron chi connectivity index (χ3n) is 3.65. The van der Waals surface area contributed by atoms with Gasteiger partial charge in [0.05, 0.1) is 5.52 Å². The van der Waals surface area contributed by atoms with Crippen LogP contribution in [0.25, 0.3) is 11.1 Å². The number of benzene rings is 2. The molecule has 118 valence electrons. The quantitative estimate of drug-likeness (QED) is 0.797. The third kappa shape index (κ3) is 3.29. The van der Waals surface area contributed by atoms with Gasteiger partial charge in [-0.25, -0.2) is 4.79 Å². The van der Waals surface area contributed by atoms with Gasteiger partial charge in [0.25, 0.3) is 0 Å². The van der Waals surface area contributed by atoms with Gasteiger partial charge in [0.2, 0.25) is 5.91 Å². The summed E-state index contributed by atoms with van der Waals surface area (Å²) in [5, 5.41) is 3.48. The molecule has 0 aliphatic carbocycles. The van der Waals surface area contributed by atoms with Crippen molar-refractivity contribution in [3.63, 3.8) is 0 Å². The highest BCUT2D eigenvalue weighted by Gasteiger charge is 2.09. The van der Waals surface area contributed by atoms with Crippen LogP contribution in [0.4, 0.5) is 5.69 Å². The van der Waals surface area contributed by atoms with Crippen LogP contribution in [0.1, 0.15) is 12.0 Å². The maximum absolute atomic E-state index is 12.1. The van der Waals surface area contributed by atoms with Gasteiger partial charge in [0.15, 0.2) is 5.58 Å². The Hall–Kier alpha value is -2.53. The van der Waals surface area contributed by atoms with Gasteiger partial charge >= 0.3 is 5.76 Å². The molecule has 1 aromatic heterocycles. The lowest BCUT2D eigenvalue weighted by molar-refractivity contribution is -0.116. The number of amides is 1. The van der Waals surface area contributed by atoms with Crippen LogP contribution in [0.2, 0.25) is 5.02 Å². The number of carbonyl (C=O) groups excluding carboxylic acids is 1. The molecule has 5 nitrogen and oxygen atoms in total. The zero-order valence-corrected chi connectivity index (χ0v) is 13.3. The minimum Gasteiger partial charge on any atom is -0.408 e. The highest BCUT2D eigenvalue weighted by atomic mass is 35.5. The van der Waals surface area contributed by atoms with E-state index < -0.39 is 5.76 Å². The number of aryl methyl sites for hydroxylation is 2. The Balaban J connectivity index is 1.69. The number of nitrogens with zero attached hydrogens (tertiary/aromatic N) is 1. The van der Waals surface area contributed by atoms with Crippen LogP contribution >= 0.6 is 11.6 Å². The van der Waals surface area contributed by atoms with Crippen molar-refractivity contribution in [1.82, 2.24) is 4.57 Å². The van der Waals surface area contributed by atoms with E-state index in [4.69, 9.17) is 16.0 Å². The first-order valence-corrected chi connectivity index (χ1v) is 7.55. The zero-order valence-electron chi connectivity index (χ0n) is 12.5. The summed E-state index contributed by atoms with van der Waals surface area (Å²) in [6.07, 6.45) is 0.893. The summed E-state index contributed by atoms with van der Waals surface area (Å²) in [5.74, 6) is -0.542. The molecule has 0 atom stereocenters. The number of hydrogen-bond donors (Lipinski definition) is 1. The van der Waals surface area contributed by atoms with E-state index in [2.05, 4.69) is 5.32 Å². The van der Waals surface area contributed by atoms with Crippen LogP contribution in [0.15, 0.2) is 51.7 Å². The molecule has 0 fully saturated rings. The van der Waals surface area contributed by atoms with Crippen molar-refractivity contribution in [1.29, 1.82) is 0 Å². The normalized spacial score (nSPS) is 10.9. The number of carbonyl (C=O) groups is 1. The maximum atomic E-state index is 12.1. The Bertz CT molecular complexity index is 927. The van der Waals surface area contributed by atoms with Crippen LogP contribution in [-0.4, -0.2) is 10.5 Å². The second kappa shape index (κ2) is 6.30. The van der Waals surface area contributed by atoms with Gasteiger partial charge < -0.3 is 9.73 Å². The molecule has 1 N–H and O–H groups in total. The van der Waals surface area contributed by atoms with E-state index in [0.29, 0.717) is 34.7 Å². The minimum absolute atomic E-state index is 0.113.